The second-order valence-electron chi connectivity index (χ2n) is 10.7. The number of hydrogen-bond acceptors (Lipinski definition) is 5. The van der Waals surface area contributed by atoms with Crippen LogP contribution in [-0.2, 0) is 18.5 Å². The van der Waals surface area contributed by atoms with Crippen molar-refractivity contribution in [3.05, 3.63) is 94.9 Å². The molecule has 6 heteroatoms. The zero-order valence-electron chi connectivity index (χ0n) is 22.0. The van der Waals surface area contributed by atoms with Crippen LogP contribution in [0.25, 0.3) is 10.9 Å². The fraction of sp³-hybridized carbons (Fsp3) is 0.323. The number of nitrogens with one attached hydrogen (secondary N) is 2. The number of pyridine rings is 2. The molecular formula is C31H34N4O2. The summed E-state index contributed by atoms with van der Waals surface area (Å²) in [6.45, 7) is 7.59. The molecule has 1 saturated carbocycles. The van der Waals surface area contributed by atoms with Crippen molar-refractivity contribution in [1.82, 2.24) is 15.3 Å². The lowest BCUT2D eigenvalue weighted by molar-refractivity contribution is 0.0946. The first-order chi connectivity index (χ1) is 17.8. The Morgan fingerprint density at radius 2 is 1.81 bits per heavy atom. The topological polar surface area (TPSA) is 76.1 Å². The third kappa shape index (κ3) is 5.74. The van der Waals surface area contributed by atoms with E-state index in [1.54, 1.807) is 13.3 Å². The summed E-state index contributed by atoms with van der Waals surface area (Å²) in [5.41, 5.74) is 6.52. The molecule has 0 bridgehead atoms. The Hall–Kier alpha value is -3.93. The maximum atomic E-state index is 13.3. The van der Waals surface area contributed by atoms with Gasteiger partial charge in [-0.15, -0.1) is 0 Å². The molecule has 2 N–H and O–H groups in total. The molecular weight excluding hydrogens is 460 g/mol. The Balaban J connectivity index is 1.54. The van der Waals surface area contributed by atoms with Crippen molar-refractivity contribution in [1.29, 1.82) is 0 Å². The van der Waals surface area contributed by atoms with Crippen LogP contribution in [0.2, 0.25) is 0 Å². The summed E-state index contributed by atoms with van der Waals surface area (Å²) in [7, 11) is 1.67. The van der Waals surface area contributed by atoms with E-state index < -0.39 is 0 Å². The number of fused-ring (bicyclic) bond motifs is 1. The van der Waals surface area contributed by atoms with Crippen LogP contribution >= 0.6 is 0 Å². The van der Waals surface area contributed by atoms with E-state index in [-0.39, 0.29) is 11.3 Å². The summed E-state index contributed by atoms with van der Waals surface area (Å²) in [5, 5.41) is 7.65. The van der Waals surface area contributed by atoms with Crippen LogP contribution in [0.3, 0.4) is 0 Å². The average molecular weight is 495 g/mol. The average Bonchev–Trinajstić information content (AvgIpc) is 3.75. The first-order valence-electron chi connectivity index (χ1n) is 12.9. The predicted molar refractivity (Wildman–Crippen MR) is 148 cm³/mol. The van der Waals surface area contributed by atoms with Crippen LogP contribution in [0.4, 0.5) is 5.69 Å². The molecule has 1 amide bonds. The fourth-order valence-electron chi connectivity index (χ4n) is 4.54. The number of anilines is 1. The van der Waals surface area contributed by atoms with Crippen LogP contribution < -0.4 is 15.4 Å². The van der Waals surface area contributed by atoms with E-state index in [1.165, 1.54) is 24.0 Å². The second-order valence-corrected chi connectivity index (χ2v) is 10.7. The molecule has 0 spiro atoms. The molecule has 0 atom stereocenters. The van der Waals surface area contributed by atoms with Crippen molar-refractivity contribution in [2.24, 2.45) is 0 Å². The van der Waals surface area contributed by atoms with Gasteiger partial charge in [0.25, 0.3) is 5.91 Å². The Labute approximate surface area is 218 Å². The SMILES string of the molecule is COc1ccc(CNc2cc(C(=O)NCc3ccccn3)nc3c(C(C)(C)C)cc(C4CC4)cc23)cc1. The Bertz CT molecular complexity index is 1410. The van der Waals surface area contributed by atoms with Gasteiger partial charge < -0.3 is 15.4 Å². The van der Waals surface area contributed by atoms with Crippen LogP contribution in [0.5, 0.6) is 5.75 Å². The largest absolute Gasteiger partial charge is 0.497 e. The van der Waals surface area contributed by atoms with Crippen molar-refractivity contribution >= 4 is 22.5 Å². The molecule has 1 fully saturated rings. The summed E-state index contributed by atoms with van der Waals surface area (Å²) in [6, 6.07) is 20.1. The van der Waals surface area contributed by atoms with Crippen molar-refractivity contribution in [3.63, 3.8) is 0 Å². The summed E-state index contributed by atoms with van der Waals surface area (Å²) < 4.78 is 5.30. The normalized spacial score (nSPS) is 13.4. The number of rotatable bonds is 8. The number of amides is 1. The van der Waals surface area contributed by atoms with Crippen molar-refractivity contribution in [3.8, 4) is 5.75 Å². The van der Waals surface area contributed by atoms with Gasteiger partial charge in [0.15, 0.2) is 0 Å². The molecule has 1 aliphatic carbocycles. The molecule has 0 aliphatic heterocycles. The van der Waals surface area contributed by atoms with Crippen molar-refractivity contribution < 1.29 is 9.53 Å². The quantitative estimate of drug-likeness (QED) is 0.298. The zero-order chi connectivity index (χ0) is 26.0. The van der Waals surface area contributed by atoms with E-state index in [1.807, 2.05) is 48.5 Å². The van der Waals surface area contributed by atoms with Gasteiger partial charge in [0.1, 0.15) is 11.4 Å². The first kappa shape index (κ1) is 24.8. The highest BCUT2D eigenvalue weighted by atomic mass is 16.5. The third-order valence-electron chi connectivity index (χ3n) is 6.82. The lowest BCUT2D eigenvalue weighted by Gasteiger charge is -2.24. The molecule has 190 valence electrons. The molecule has 0 saturated heterocycles. The predicted octanol–water partition coefficient (Wildman–Crippen LogP) is 6.36. The molecule has 0 radical (unpaired) electrons. The summed E-state index contributed by atoms with van der Waals surface area (Å²) in [4.78, 5) is 22.5. The Morgan fingerprint density at radius 3 is 2.46 bits per heavy atom. The number of aromatic nitrogens is 2. The Morgan fingerprint density at radius 1 is 1.03 bits per heavy atom. The number of benzene rings is 2. The minimum Gasteiger partial charge on any atom is -0.497 e. The number of carbonyl (C=O) groups excluding carboxylic acids is 1. The van der Waals surface area contributed by atoms with E-state index in [4.69, 9.17) is 9.72 Å². The molecule has 1 aliphatic rings. The van der Waals surface area contributed by atoms with Crippen LogP contribution in [0.15, 0.2) is 66.9 Å². The minimum absolute atomic E-state index is 0.119. The molecule has 2 aromatic heterocycles. The van der Waals surface area contributed by atoms with Crippen molar-refractivity contribution in [2.75, 3.05) is 12.4 Å². The van der Waals surface area contributed by atoms with Gasteiger partial charge in [-0.3, -0.25) is 9.78 Å². The number of carbonyl (C=O) groups is 1. The fourth-order valence-corrected chi connectivity index (χ4v) is 4.54. The summed E-state index contributed by atoms with van der Waals surface area (Å²) >= 11 is 0. The van der Waals surface area contributed by atoms with Gasteiger partial charge in [-0.1, -0.05) is 45.0 Å². The number of hydrogen-bond donors (Lipinski definition) is 2. The number of ether oxygens (including phenoxy) is 1. The van der Waals surface area contributed by atoms with Gasteiger partial charge in [0, 0.05) is 23.8 Å². The molecule has 5 rings (SSSR count). The lowest BCUT2D eigenvalue weighted by atomic mass is 9.83. The maximum absolute atomic E-state index is 13.3. The van der Waals surface area contributed by atoms with Crippen LogP contribution in [-0.4, -0.2) is 23.0 Å². The smallest absolute Gasteiger partial charge is 0.270 e. The lowest BCUT2D eigenvalue weighted by Crippen LogP contribution is -2.25. The van der Waals surface area contributed by atoms with Gasteiger partial charge in [-0.05, 0) is 77.3 Å². The third-order valence-corrected chi connectivity index (χ3v) is 6.82. The highest BCUT2D eigenvalue weighted by Gasteiger charge is 2.28. The number of methoxy groups -OCH3 is 1. The molecule has 2 aromatic carbocycles. The van der Waals surface area contributed by atoms with E-state index in [9.17, 15) is 4.79 Å². The summed E-state index contributed by atoms with van der Waals surface area (Å²) in [6.07, 6.45) is 4.18. The minimum atomic E-state index is -0.217. The maximum Gasteiger partial charge on any atom is 0.270 e. The molecule has 0 unspecified atom stereocenters. The van der Waals surface area contributed by atoms with Gasteiger partial charge in [0.05, 0.1) is 24.9 Å². The van der Waals surface area contributed by atoms with Crippen LogP contribution in [0, 0.1) is 0 Å². The van der Waals surface area contributed by atoms with E-state index in [0.717, 1.165) is 33.6 Å². The highest BCUT2D eigenvalue weighted by molar-refractivity contribution is 6.01. The van der Waals surface area contributed by atoms with Crippen molar-refractivity contribution in [2.45, 2.75) is 58.0 Å². The van der Waals surface area contributed by atoms with Gasteiger partial charge in [-0.2, -0.15) is 0 Å². The monoisotopic (exact) mass is 494 g/mol. The summed E-state index contributed by atoms with van der Waals surface area (Å²) in [5.74, 6) is 1.22. The molecule has 2 heterocycles. The second kappa shape index (κ2) is 10.2. The first-order valence-corrected chi connectivity index (χ1v) is 12.9. The number of nitrogens with zero attached hydrogens (tertiary/aromatic N) is 2. The standard InChI is InChI=1S/C31H34N4O2/c1-31(2,3)26-16-22(21-10-11-21)15-25-27(33-18-20-8-12-24(37-4)13-9-20)17-28(35-29(25)26)30(36)34-19-23-7-5-6-14-32-23/h5-9,12-17,21H,10-11,18-19H2,1-4H3,(H,33,35)(H,34,36). The molecule has 6 nitrogen and oxygen atoms in total. The van der Waals surface area contributed by atoms with E-state index >= 15 is 0 Å². The van der Waals surface area contributed by atoms with Gasteiger partial charge >= 0.3 is 0 Å². The zero-order valence-corrected chi connectivity index (χ0v) is 22.0. The van der Waals surface area contributed by atoms with E-state index in [2.05, 4.69) is 48.5 Å². The van der Waals surface area contributed by atoms with Crippen LogP contribution in [0.1, 0.15) is 72.4 Å². The molecule has 4 aromatic rings. The van der Waals surface area contributed by atoms with Gasteiger partial charge in [-0.25, -0.2) is 4.98 Å². The molecule has 37 heavy (non-hydrogen) atoms. The van der Waals surface area contributed by atoms with Gasteiger partial charge in [0.2, 0.25) is 0 Å². The highest BCUT2D eigenvalue weighted by Crippen LogP contribution is 2.44. The Kier molecular flexibility index (Phi) is 6.83. The van der Waals surface area contributed by atoms with E-state index in [0.29, 0.717) is 24.7 Å².